The molecule has 7 heteroatoms. The van der Waals surface area contributed by atoms with E-state index in [1.54, 1.807) is 26.0 Å². The number of carboxylic acids is 1. The molecule has 3 amide bonds. The minimum Gasteiger partial charge on any atom is -0.481 e. The van der Waals surface area contributed by atoms with Gasteiger partial charge in [0, 0.05) is 0 Å². The van der Waals surface area contributed by atoms with Crippen molar-refractivity contribution in [2.24, 2.45) is 11.8 Å². The van der Waals surface area contributed by atoms with Crippen LogP contribution in [0.25, 0.3) is 0 Å². The molecule has 0 aromatic heterocycles. The number of hydrogen-bond acceptors (Lipinski definition) is 4. The first-order chi connectivity index (χ1) is 9.75. The average Bonchev–Trinajstić information content (AvgIpc) is 2.42. The summed E-state index contributed by atoms with van der Waals surface area (Å²) in [5.74, 6) is -4.16. The lowest BCUT2D eigenvalue weighted by Crippen LogP contribution is -2.66. The SMILES string of the molecule is CC1(C)C(=O)NC(=O)CN1C(=O)[C@@H]1CC=CC[C@@H]1C(=O)O. The average molecular weight is 294 g/mol. The van der Waals surface area contributed by atoms with Crippen LogP contribution in [0.4, 0.5) is 0 Å². The molecule has 0 radical (unpaired) electrons. The number of carbonyl (C=O) groups is 4. The minimum atomic E-state index is -1.17. The van der Waals surface area contributed by atoms with Gasteiger partial charge < -0.3 is 10.0 Å². The van der Waals surface area contributed by atoms with Crippen molar-refractivity contribution < 1.29 is 24.3 Å². The summed E-state index contributed by atoms with van der Waals surface area (Å²) >= 11 is 0. The largest absolute Gasteiger partial charge is 0.481 e. The Morgan fingerprint density at radius 3 is 2.38 bits per heavy atom. The molecule has 0 aromatic carbocycles. The van der Waals surface area contributed by atoms with Gasteiger partial charge in [0.2, 0.25) is 11.8 Å². The first-order valence-corrected chi connectivity index (χ1v) is 6.78. The Labute approximate surface area is 122 Å². The van der Waals surface area contributed by atoms with Gasteiger partial charge in [-0.2, -0.15) is 0 Å². The molecule has 2 aliphatic rings. The van der Waals surface area contributed by atoms with Gasteiger partial charge in [0.05, 0.1) is 11.8 Å². The number of aliphatic carboxylic acids is 1. The van der Waals surface area contributed by atoms with E-state index in [9.17, 15) is 24.3 Å². The fourth-order valence-corrected chi connectivity index (χ4v) is 2.70. The van der Waals surface area contributed by atoms with Crippen molar-refractivity contribution in [3.8, 4) is 0 Å². The molecule has 1 aliphatic heterocycles. The Morgan fingerprint density at radius 2 is 1.81 bits per heavy atom. The molecular weight excluding hydrogens is 276 g/mol. The molecule has 7 nitrogen and oxygen atoms in total. The summed E-state index contributed by atoms with van der Waals surface area (Å²) in [7, 11) is 0. The fraction of sp³-hybridized carbons (Fsp3) is 0.571. The molecule has 2 N–H and O–H groups in total. The zero-order chi connectivity index (χ0) is 15.8. The summed E-state index contributed by atoms with van der Waals surface area (Å²) in [6.07, 6.45) is 4.08. The van der Waals surface area contributed by atoms with Crippen LogP contribution in [-0.2, 0) is 19.2 Å². The van der Waals surface area contributed by atoms with Crippen molar-refractivity contribution in [3.05, 3.63) is 12.2 Å². The van der Waals surface area contributed by atoms with Crippen LogP contribution in [0.15, 0.2) is 12.2 Å². The minimum absolute atomic E-state index is 0.232. The highest BCUT2D eigenvalue weighted by Gasteiger charge is 2.47. The fourth-order valence-electron chi connectivity index (χ4n) is 2.70. The topological polar surface area (TPSA) is 104 Å². The van der Waals surface area contributed by atoms with Gasteiger partial charge in [-0.15, -0.1) is 0 Å². The van der Waals surface area contributed by atoms with E-state index < -0.39 is 41.1 Å². The molecule has 1 saturated heterocycles. The van der Waals surface area contributed by atoms with Crippen LogP contribution in [0.2, 0.25) is 0 Å². The molecule has 1 aliphatic carbocycles. The summed E-state index contributed by atoms with van der Waals surface area (Å²) in [5, 5.41) is 11.4. The van der Waals surface area contributed by atoms with Gasteiger partial charge >= 0.3 is 5.97 Å². The van der Waals surface area contributed by atoms with Gasteiger partial charge in [0.25, 0.3) is 5.91 Å². The van der Waals surface area contributed by atoms with E-state index in [0.717, 1.165) is 0 Å². The second-order valence-electron chi connectivity index (χ2n) is 5.85. The maximum Gasteiger partial charge on any atom is 0.307 e. The third kappa shape index (κ3) is 2.68. The molecule has 1 heterocycles. The van der Waals surface area contributed by atoms with Gasteiger partial charge in [0.1, 0.15) is 12.1 Å². The van der Waals surface area contributed by atoms with Crippen molar-refractivity contribution in [2.75, 3.05) is 6.54 Å². The number of rotatable bonds is 2. The third-order valence-corrected chi connectivity index (χ3v) is 4.12. The first-order valence-electron chi connectivity index (χ1n) is 6.78. The molecule has 0 spiro atoms. The monoisotopic (exact) mass is 294 g/mol. The zero-order valence-corrected chi connectivity index (χ0v) is 12.0. The first kappa shape index (κ1) is 15.2. The summed E-state index contributed by atoms with van der Waals surface area (Å²) in [6, 6.07) is 0. The second kappa shape index (κ2) is 5.31. The number of hydrogen-bond donors (Lipinski definition) is 2. The predicted octanol–water partition coefficient (Wildman–Crippen LogP) is -0.0830. The number of carboxylic acid groups (broad SMARTS) is 1. The van der Waals surface area contributed by atoms with E-state index in [-0.39, 0.29) is 13.0 Å². The normalized spacial score (nSPS) is 28.2. The number of allylic oxidation sites excluding steroid dienone is 2. The van der Waals surface area contributed by atoms with Crippen molar-refractivity contribution in [1.29, 1.82) is 0 Å². The number of nitrogens with zero attached hydrogens (tertiary/aromatic N) is 1. The number of carbonyl (C=O) groups excluding carboxylic acids is 3. The Hall–Kier alpha value is -2.18. The van der Waals surface area contributed by atoms with Gasteiger partial charge in [-0.1, -0.05) is 12.2 Å². The Morgan fingerprint density at radius 1 is 1.24 bits per heavy atom. The Kier molecular flexibility index (Phi) is 3.85. The molecule has 0 saturated carbocycles. The van der Waals surface area contributed by atoms with Crippen LogP contribution in [-0.4, -0.2) is 45.8 Å². The lowest BCUT2D eigenvalue weighted by Gasteiger charge is -2.42. The smallest absolute Gasteiger partial charge is 0.307 e. The highest BCUT2D eigenvalue weighted by atomic mass is 16.4. The zero-order valence-electron chi connectivity index (χ0n) is 12.0. The third-order valence-electron chi connectivity index (χ3n) is 4.12. The van der Waals surface area contributed by atoms with Crippen molar-refractivity contribution in [2.45, 2.75) is 32.2 Å². The molecule has 1 fully saturated rings. The van der Waals surface area contributed by atoms with Crippen molar-refractivity contribution >= 4 is 23.7 Å². The van der Waals surface area contributed by atoms with Crippen LogP contribution in [0.5, 0.6) is 0 Å². The second-order valence-corrected chi connectivity index (χ2v) is 5.85. The quantitative estimate of drug-likeness (QED) is 0.547. The van der Waals surface area contributed by atoms with E-state index in [2.05, 4.69) is 5.32 Å². The van der Waals surface area contributed by atoms with Crippen molar-refractivity contribution in [1.82, 2.24) is 10.2 Å². The number of piperazine rings is 1. The van der Waals surface area contributed by atoms with Gasteiger partial charge in [-0.3, -0.25) is 24.5 Å². The van der Waals surface area contributed by atoms with E-state index in [1.165, 1.54) is 4.90 Å². The lowest BCUT2D eigenvalue weighted by molar-refractivity contribution is -0.161. The van der Waals surface area contributed by atoms with Gasteiger partial charge in [-0.05, 0) is 26.7 Å². The van der Waals surface area contributed by atoms with Crippen LogP contribution in [0, 0.1) is 11.8 Å². The van der Waals surface area contributed by atoms with E-state index >= 15 is 0 Å². The van der Waals surface area contributed by atoms with Gasteiger partial charge in [0.15, 0.2) is 0 Å². The number of amides is 3. The summed E-state index contributed by atoms with van der Waals surface area (Å²) in [6.45, 7) is 2.85. The molecule has 114 valence electrons. The van der Waals surface area contributed by atoms with E-state index in [0.29, 0.717) is 6.42 Å². The lowest BCUT2D eigenvalue weighted by atomic mass is 9.81. The summed E-state index contributed by atoms with van der Waals surface area (Å²) in [4.78, 5) is 48.6. The number of nitrogens with one attached hydrogen (secondary N) is 1. The number of imide groups is 1. The molecule has 21 heavy (non-hydrogen) atoms. The summed E-state index contributed by atoms with van der Waals surface area (Å²) < 4.78 is 0. The van der Waals surface area contributed by atoms with Crippen LogP contribution < -0.4 is 5.32 Å². The highest BCUT2D eigenvalue weighted by molar-refractivity contribution is 6.06. The molecule has 0 bridgehead atoms. The van der Waals surface area contributed by atoms with E-state index in [4.69, 9.17) is 0 Å². The van der Waals surface area contributed by atoms with Gasteiger partial charge in [-0.25, -0.2) is 0 Å². The van der Waals surface area contributed by atoms with E-state index in [1.807, 2.05) is 0 Å². The molecule has 2 rings (SSSR count). The summed E-state index contributed by atoms with van der Waals surface area (Å²) in [5.41, 5.74) is -1.17. The Balaban J connectivity index is 2.29. The van der Waals surface area contributed by atoms with Crippen LogP contribution >= 0.6 is 0 Å². The Bertz CT molecular complexity index is 537. The molecule has 0 aromatic rings. The standard InChI is InChI=1S/C14H18N2O5/c1-14(2)13(21)15-10(17)7-16(14)11(18)8-5-3-4-6-9(8)12(19)20/h3-4,8-9H,5-7H2,1-2H3,(H,19,20)(H,15,17,21)/t8-,9+/m1/s1. The van der Waals surface area contributed by atoms with Crippen LogP contribution in [0.1, 0.15) is 26.7 Å². The molecular formula is C14H18N2O5. The highest BCUT2D eigenvalue weighted by Crippen LogP contribution is 2.30. The molecule has 0 unspecified atom stereocenters. The van der Waals surface area contributed by atoms with Crippen molar-refractivity contribution in [3.63, 3.8) is 0 Å². The van der Waals surface area contributed by atoms with Crippen LogP contribution in [0.3, 0.4) is 0 Å². The maximum atomic E-state index is 12.7. The maximum absolute atomic E-state index is 12.7. The molecule has 2 atom stereocenters. The predicted molar refractivity (Wildman–Crippen MR) is 71.9 cm³/mol.